The molecule has 0 spiro atoms. The summed E-state index contributed by atoms with van der Waals surface area (Å²) in [6.45, 7) is 2.65. The minimum Gasteiger partial charge on any atom is -0.479 e. The quantitative estimate of drug-likeness (QED) is 0.363. The van der Waals surface area contributed by atoms with Crippen molar-refractivity contribution >= 4 is 23.9 Å². The zero-order chi connectivity index (χ0) is 16.9. The van der Waals surface area contributed by atoms with Gasteiger partial charge in [0.15, 0.2) is 12.2 Å². The number of ether oxygens (including phenoxy) is 5. The van der Waals surface area contributed by atoms with Crippen molar-refractivity contribution in [3.05, 3.63) is 0 Å². The smallest absolute Gasteiger partial charge is 0.379 e. The number of carboxylic acids is 1. The second-order valence-corrected chi connectivity index (χ2v) is 4.00. The lowest BCUT2D eigenvalue weighted by molar-refractivity contribution is -0.228. The van der Waals surface area contributed by atoms with E-state index in [1.165, 1.54) is 13.8 Å². The van der Waals surface area contributed by atoms with Crippen LogP contribution in [0.1, 0.15) is 13.8 Å². The Balaban J connectivity index is 3.22. The van der Waals surface area contributed by atoms with E-state index in [4.69, 9.17) is 14.6 Å². The number of methoxy groups -OCH3 is 1. The molecule has 0 saturated carbocycles. The molecule has 1 aliphatic rings. The van der Waals surface area contributed by atoms with Gasteiger partial charge in [-0.05, 0) is 13.8 Å². The van der Waals surface area contributed by atoms with E-state index < -0.39 is 41.9 Å². The maximum absolute atomic E-state index is 12.0. The van der Waals surface area contributed by atoms with E-state index in [0.717, 1.165) is 7.11 Å². The average molecular weight is 320 g/mol. The number of hydrogen-bond acceptors (Lipinski definition) is 9. The minimum absolute atomic E-state index is 0.132. The Kier molecular flexibility index (Phi) is 5.83. The molecule has 0 aliphatic carbocycles. The Morgan fingerprint density at radius 3 is 1.82 bits per heavy atom. The fraction of sp³-hybridized carbons (Fsp3) is 0.667. The summed E-state index contributed by atoms with van der Waals surface area (Å²) in [6, 6.07) is 0. The number of esters is 3. The molecular formula is C12H16O10. The van der Waals surface area contributed by atoms with E-state index in [1.54, 1.807) is 0 Å². The highest BCUT2D eigenvalue weighted by Crippen LogP contribution is 2.32. The van der Waals surface area contributed by atoms with Gasteiger partial charge in [0.25, 0.3) is 0 Å². The first-order valence-electron chi connectivity index (χ1n) is 6.34. The lowest BCUT2D eigenvalue weighted by Gasteiger charge is -2.22. The number of carboxylic acid groups (broad SMARTS) is 1. The van der Waals surface area contributed by atoms with Crippen LogP contribution in [0.15, 0.2) is 0 Å². The summed E-state index contributed by atoms with van der Waals surface area (Å²) in [5.41, 5.74) is 0. The molecule has 124 valence electrons. The molecule has 0 bridgehead atoms. The Bertz CT molecular complexity index is 453. The zero-order valence-electron chi connectivity index (χ0n) is 12.2. The standard InChI is InChI=1S/C12H16O10/c1-4-19-10(16)12(11(17)20-5-2)21-6(8(13)14)7(22-12)9(15)18-3/h6-7H,4-5H2,1-3H3,(H,13,14)/t6-,7-/m0/s1. The first kappa shape index (κ1) is 17.9. The first-order chi connectivity index (χ1) is 10.3. The summed E-state index contributed by atoms with van der Waals surface area (Å²) < 4.78 is 23.6. The van der Waals surface area contributed by atoms with Crippen molar-refractivity contribution in [3.8, 4) is 0 Å². The van der Waals surface area contributed by atoms with Gasteiger partial charge in [0.1, 0.15) is 0 Å². The normalized spacial score (nSPS) is 22.7. The summed E-state index contributed by atoms with van der Waals surface area (Å²) >= 11 is 0. The van der Waals surface area contributed by atoms with Crippen molar-refractivity contribution in [2.75, 3.05) is 20.3 Å². The fourth-order valence-electron chi connectivity index (χ4n) is 1.70. The Hall–Kier alpha value is -2.20. The number of rotatable bonds is 6. The van der Waals surface area contributed by atoms with E-state index >= 15 is 0 Å². The molecule has 10 nitrogen and oxygen atoms in total. The SMILES string of the molecule is CCOC(=O)C1(C(=O)OCC)O[C@H](C(=O)O)[C@@H](C(=O)OC)O1. The van der Waals surface area contributed by atoms with E-state index in [9.17, 15) is 19.2 Å². The minimum atomic E-state index is -2.78. The molecule has 1 saturated heterocycles. The molecule has 1 rings (SSSR count). The Morgan fingerprint density at radius 1 is 1.00 bits per heavy atom. The van der Waals surface area contributed by atoms with Crippen molar-refractivity contribution in [3.63, 3.8) is 0 Å². The lowest BCUT2D eigenvalue weighted by Crippen LogP contribution is -2.51. The van der Waals surface area contributed by atoms with Crippen LogP contribution in [0.2, 0.25) is 0 Å². The van der Waals surface area contributed by atoms with Crippen LogP contribution in [-0.4, -0.2) is 67.3 Å². The molecule has 1 aliphatic heterocycles. The molecule has 0 unspecified atom stereocenters. The van der Waals surface area contributed by atoms with Gasteiger partial charge in [-0.1, -0.05) is 0 Å². The first-order valence-corrected chi connectivity index (χ1v) is 6.34. The number of aliphatic carboxylic acids is 1. The van der Waals surface area contributed by atoms with Crippen molar-refractivity contribution in [1.82, 2.24) is 0 Å². The molecule has 0 aromatic heterocycles. The third-order valence-corrected chi connectivity index (χ3v) is 2.63. The fourth-order valence-corrected chi connectivity index (χ4v) is 1.70. The molecule has 22 heavy (non-hydrogen) atoms. The maximum atomic E-state index is 12.0. The molecule has 0 radical (unpaired) electrons. The van der Waals surface area contributed by atoms with Gasteiger partial charge in [-0.15, -0.1) is 0 Å². The topological polar surface area (TPSA) is 135 Å². The van der Waals surface area contributed by atoms with Gasteiger partial charge in [0, 0.05) is 0 Å². The largest absolute Gasteiger partial charge is 0.479 e. The van der Waals surface area contributed by atoms with Crippen molar-refractivity contribution < 1.29 is 48.0 Å². The molecule has 1 fully saturated rings. The summed E-state index contributed by atoms with van der Waals surface area (Å²) in [4.78, 5) is 46.7. The highest BCUT2D eigenvalue weighted by atomic mass is 16.8. The maximum Gasteiger partial charge on any atom is 0.379 e. The highest BCUT2D eigenvalue weighted by molar-refractivity contribution is 6.03. The zero-order valence-corrected chi connectivity index (χ0v) is 12.2. The molecule has 1 N–H and O–H groups in total. The Labute approximate surface area is 125 Å². The monoisotopic (exact) mass is 320 g/mol. The summed E-state index contributed by atoms with van der Waals surface area (Å²) in [5.74, 6) is -8.15. The molecule has 2 atom stereocenters. The molecule has 0 aromatic carbocycles. The van der Waals surface area contributed by atoms with E-state index in [-0.39, 0.29) is 13.2 Å². The lowest BCUT2D eigenvalue weighted by atomic mass is 10.2. The van der Waals surface area contributed by atoms with Crippen molar-refractivity contribution in [2.24, 2.45) is 0 Å². The van der Waals surface area contributed by atoms with Crippen LogP contribution >= 0.6 is 0 Å². The number of carbonyl (C=O) groups excluding carboxylic acids is 3. The van der Waals surface area contributed by atoms with E-state index in [0.29, 0.717) is 0 Å². The van der Waals surface area contributed by atoms with E-state index in [1.807, 2.05) is 0 Å². The molecule has 1 heterocycles. The third kappa shape index (κ3) is 3.17. The predicted molar refractivity (Wildman–Crippen MR) is 65.4 cm³/mol. The molecular weight excluding hydrogens is 304 g/mol. The second kappa shape index (κ2) is 7.18. The number of hydrogen-bond donors (Lipinski definition) is 1. The average Bonchev–Trinajstić information content (AvgIpc) is 2.89. The third-order valence-electron chi connectivity index (χ3n) is 2.63. The van der Waals surface area contributed by atoms with Crippen LogP contribution in [0.25, 0.3) is 0 Å². The summed E-state index contributed by atoms with van der Waals surface area (Å²) in [7, 11) is 0.985. The van der Waals surface area contributed by atoms with E-state index in [2.05, 4.69) is 14.2 Å². The van der Waals surface area contributed by atoms with Crippen LogP contribution < -0.4 is 0 Å². The van der Waals surface area contributed by atoms with Gasteiger partial charge in [-0.25, -0.2) is 19.2 Å². The van der Waals surface area contributed by atoms with Gasteiger partial charge < -0.3 is 28.8 Å². The van der Waals surface area contributed by atoms with Crippen LogP contribution in [-0.2, 0) is 42.9 Å². The van der Waals surface area contributed by atoms with Crippen LogP contribution in [0.3, 0.4) is 0 Å². The van der Waals surface area contributed by atoms with Crippen LogP contribution in [0, 0.1) is 0 Å². The molecule has 0 amide bonds. The van der Waals surface area contributed by atoms with Gasteiger partial charge in [-0.2, -0.15) is 0 Å². The van der Waals surface area contributed by atoms with Gasteiger partial charge in [0.05, 0.1) is 20.3 Å². The van der Waals surface area contributed by atoms with Crippen LogP contribution in [0.4, 0.5) is 0 Å². The van der Waals surface area contributed by atoms with Crippen molar-refractivity contribution in [2.45, 2.75) is 31.8 Å². The van der Waals surface area contributed by atoms with Crippen molar-refractivity contribution in [1.29, 1.82) is 0 Å². The highest BCUT2D eigenvalue weighted by Gasteiger charge is 2.65. The molecule has 0 aromatic rings. The van der Waals surface area contributed by atoms with Gasteiger partial charge in [0.2, 0.25) is 0 Å². The summed E-state index contributed by atoms with van der Waals surface area (Å²) in [6.07, 6.45) is -3.75. The summed E-state index contributed by atoms with van der Waals surface area (Å²) in [5, 5.41) is 9.07. The van der Waals surface area contributed by atoms with Gasteiger partial charge in [-0.3, -0.25) is 0 Å². The predicted octanol–water partition coefficient (Wildman–Crippen LogP) is -1.15. The second-order valence-electron chi connectivity index (χ2n) is 4.00. The molecule has 10 heteroatoms. The van der Waals surface area contributed by atoms with Crippen LogP contribution in [0.5, 0.6) is 0 Å². The van der Waals surface area contributed by atoms with Gasteiger partial charge >= 0.3 is 29.7 Å². The number of carbonyl (C=O) groups is 4. The Morgan fingerprint density at radius 2 is 1.45 bits per heavy atom.